The molecule has 4 rings (SSSR count). The van der Waals surface area contributed by atoms with Crippen LogP contribution in [0.5, 0.6) is 0 Å². The van der Waals surface area contributed by atoms with Gasteiger partial charge >= 0.3 is 0 Å². The molecule has 0 aliphatic heterocycles. The standard InChI is InChI=1S/C25H24N2OS2/c1-18-15-22-23(16-19(18)2)30-25(26-22)27(17-20-9-5-3-6-10-20)24(28)13-14-29-21-11-7-4-8-12-21/h3-12,15-16H,13-14,17H2,1-2H3. The third-order valence-corrected chi connectivity index (χ3v) is 7.09. The van der Waals surface area contributed by atoms with Crippen molar-refractivity contribution in [3.63, 3.8) is 0 Å². The minimum Gasteiger partial charge on any atom is -0.284 e. The second-order valence-electron chi connectivity index (χ2n) is 7.28. The second-order valence-corrected chi connectivity index (χ2v) is 9.46. The molecule has 0 N–H and O–H groups in total. The summed E-state index contributed by atoms with van der Waals surface area (Å²) in [6.45, 7) is 4.75. The number of fused-ring (bicyclic) bond motifs is 1. The molecule has 0 fully saturated rings. The zero-order valence-corrected chi connectivity index (χ0v) is 18.8. The Balaban J connectivity index is 1.56. The zero-order valence-electron chi connectivity index (χ0n) is 17.2. The van der Waals surface area contributed by atoms with E-state index >= 15 is 0 Å². The lowest BCUT2D eigenvalue weighted by atomic mass is 10.1. The average Bonchev–Trinajstić information content (AvgIpc) is 3.16. The second kappa shape index (κ2) is 9.45. The predicted molar refractivity (Wildman–Crippen MR) is 129 cm³/mol. The highest BCUT2D eigenvalue weighted by molar-refractivity contribution is 7.99. The van der Waals surface area contributed by atoms with Crippen molar-refractivity contribution < 1.29 is 4.79 Å². The Hall–Kier alpha value is -2.63. The molecule has 0 spiro atoms. The van der Waals surface area contributed by atoms with Crippen molar-refractivity contribution >= 4 is 44.4 Å². The van der Waals surface area contributed by atoms with Crippen LogP contribution in [0.25, 0.3) is 10.2 Å². The molecule has 4 aromatic rings. The van der Waals surface area contributed by atoms with Crippen molar-refractivity contribution in [3.8, 4) is 0 Å². The van der Waals surface area contributed by atoms with Crippen LogP contribution in [0.2, 0.25) is 0 Å². The molecule has 0 bridgehead atoms. The number of thioether (sulfide) groups is 1. The smallest absolute Gasteiger partial charge is 0.229 e. The number of hydrogen-bond acceptors (Lipinski definition) is 4. The van der Waals surface area contributed by atoms with Gasteiger partial charge in [-0.2, -0.15) is 0 Å². The zero-order chi connectivity index (χ0) is 20.9. The van der Waals surface area contributed by atoms with Crippen LogP contribution in [0.4, 0.5) is 5.13 Å². The van der Waals surface area contributed by atoms with E-state index in [0.717, 1.165) is 26.7 Å². The van der Waals surface area contributed by atoms with Gasteiger partial charge in [-0.05, 0) is 54.8 Å². The van der Waals surface area contributed by atoms with Gasteiger partial charge in [0.05, 0.1) is 16.8 Å². The minimum atomic E-state index is 0.106. The topological polar surface area (TPSA) is 33.2 Å². The molecule has 3 aromatic carbocycles. The molecule has 30 heavy (non-hydrogen) atoms. The first-order valence-corrected chi connectivity index (χ1v) is 11.8. The van der Waals surface area contributed by atoms with Gasteiger partial charge in [-0.25, -0.2) is 4.98 Å². The van der Waals surface area contributed by atoms with Crippen molar-refractivity contribution in [2.45, 2.75) is 31.7 Å². The number of rotatable bonds is 7. The summed E-state index contributed by atoms with van der Waals surface area (Å²) in [5, 5.41) is 0.772. The van der Waals surface area contributed by atoms with Gasteiger partial charge in [0.15, 0.2) is 5.13 Å². The van der Waals surface area contributed by atoms with E-state index < -0.39 is 0 Å². The van der Waals surface area contributed by atoms with Gasteiger partial charge in [0.25, 0.3) is 0 Å². The van der Waals surface area contributed by atoms with Crippen LogP contribution in [-0.2, 0) is 11.3 Å². The molecular weight excluding hydrogens is 408 g/mol. The van der Waals surface area contributed by atoms with E-state index in [2.05, 4.69) is 50.2 Å². The van der Waals surface area contributed by atoms with Crippen LogP contribution in [0.1, 0.15) is 23.1 Å². The molecule has 0 unspecified atom stereocenters. The van der Waals surface area contributed by atoms with E-state index in [9.17, 15) is 4.79 Å². The van der Waals surface area contributed by atoms with Crippen molar-refractivity contribution in [2.24, 2.45) is 0 Å². The molecule has 0 aliphatic rings. The van der Waals surface area contributed by atoms with E-state index in [-0.39, 0.29) is 5.91 Å². The fourth-order valence-corrected chi connectivity index (χ4v) is 5.14. The van der Waals surface area contributed by atoms with Crippen molar-refractivity contribution in [1.82, 2.24) is 4.98 Å². The number of thiazole rings is 1. The number of aromatic nitrogens is 1. The number of benzene rings is 3. The van der Waals surface area contributed by atoms with Gasteiger partial charge in [-0.15, -0.1) is 11.8 Å². The molecule has 5 heteroatoms. The summed E-state index contributed by atoms with van der Waals surface area (Å²) in [5.74, 6) is 0.854. The van der Waals surface area contributed by atoms with Gasteiger partial charge in [-0.1, -0.05) is 59.9 Å². The summed E-state index contributed by atoms with van der Waals surface area (Å²) in [6, 6.07) is 24.6. The summed E-state index contributed by atoms with van der Waals surface area (Å²) in [6.07, 6.45) is 0.473. The molecule has 1 amide bonds. The Morgan fingerprint density at radius 1 is 0.967 bits per heavy atom. The minimum absolute atomic E-state index is 0.106. The summed E-state index contributed by atoms with van der Waals surface area (Å²) in [4.78, 5) is 21.1. The number of carbonyl (C=O) groups is 1. The van der Waals surface area contributed by atoms with Gasteiger partial charge < -0.3 is 0 Å². The van der Waals surface area contributed by atoms with E-state index in [1.54, 1.807) is 23.1 Å². The lowest BCUT2D eigenvalue weighted by Crippen LogP contribution is -2.30. The van der Waals surface area contributed by atoms with E-state index in [1.165, 1.54) is 16.0 Å². The molecule has 0 saturated carbocycles. The van der Waals surface area contributed by atoms with Crippen LogP contribution in [0.15, 0.2) is 77.7 Å². The molecule has 152 valence electrons. The number of amides is 1. The van der Waals surface area contributed by atoms with Gasteiger partial charge in [0, 0.05) is 17.1 Å². The molecule has 0 saturated heterocycles. The molecule has 0 radical (unpaired) electrons. The monoisotopic (exact) mass is 432 g/mol. The van der Waals surface area contributed by atoms with Gasteiger partial charge in [-0.3, -0.25) is 9.69 Å². The SMILES string of the molecule is Cc1cc2nc(N(Cc3ccccc3)C(=O)CCSc3ccccc3)sc2cc1C. The summed E-state index contributed by atoms with van der Waals surface area (Å²) in [5.41, 5.74) is 4.54. The lowest BCUT2D eigenvalue weighted by molar-refractivity contribution is -0.118. The molecule has 1 aromatic heterocycles. The van der Waals surface area contributed by atoms with Crippen LogP contribution < -0.4 is 4.90 Å². The number of hydrogen-bond donors (Lipinski definition) is 0. The largest absolute Gasteiger partial charge is 0.284 e. The summed E-state index contributed by atoms with van der Waals surface area (Å²) >= 11 is 3.30. The summed E-state index contributed by atoms with van der Waals surface area (Å²) in [7, 11) is 0. The third kappa shape index (κ3) is 4.91. The van der Waals surface area contributed by atoms with Gasteiger partial charge in [0.2, 0.25) is 5.91 Å². The van der Waals surface area contributed by atoms with Crippen LogP contribution in [0.3, 0.4) is 0 Å². The first kappa shape index (κ1) is 20.6. The number of carbonyl (C=O) groups excluding carboxylic acids is 1. The fraction of sp³-hybridized carbons (Fsp3) is 0.200. The quantitative estimate of drug-likeness (QED) is 0.307. The fourth-order valence-electron chi connectivity index (χ4n) is 3.22. The molecular formula is C25H24N2OS2. The highest BCUT2D eigenvalue weighted by atomic mass is 32.2. The number of nitrogens with zero attached hydrogens (tertiary/aromatic N) is 2. The Bertz CT molecular complexity index is 1100. The Morgan fingerprint density at radius 2 is 1.63 bits per heavy atom. The van der Waals surface area contributed by atoms with Crippen molar-refractivity contribution in [1.29, 1.82) is 0 Å². The normalized spacial score (nSPS) is 11.0. The maximum atomic E-state index is 13.2. The average molecular weight is 433 g/mol. The van der Waals surface area contributed by atoms with Crippen molar-refractivity contribution in [2.75, 3.05) is 10.7 Å². The predicted octanol–water partition coefficient (Wildman–Crippen LogP) is 6.63. The molecule has 3 nitrogen and oxygen atoms in total. The first-order chi connectivity index (χ1) is 14.6. The number of anilines is 1. The van der Waals surface area contributed by atoms with E-state index in [1.807, 2.05) is 41.3 Å². The van der Waals surface area contributed by atoms with Gasteiger partial charge in [0.1, 0.15) is 0 Å². The summed E-state index contributed by atoms with van der Waals surface area (Å²) < 4.78 is 1.12. The molecule has 0 atom stereocenters. The Kier molecular flexibility index (Phi) is 6.50. The lowest BCUT2D eigenvalue weighted by Gasteiger charge is -2.20. The van der Waals surface area contributed by atoms with Crippen LogP contribution in [-0.4, -0.2) is 16.6 Å². The van der Waals surface area contributed by atoms with Crippen LogP contribution in [0, 0.1) is 13.8 Å². The van der Waals surface area contributed by atoms with E-state index in [0.29, 0.717) is 13.0 Å². The molecule has 1 heterocycles. The Morgan fingerprint density at radius 3 is 2.37 bits per heavy atom. The highest BCUT2D eigenvalue weighted by Gasteiger charge is 2.20. The third-order valence-electron chi connectivity index (χ3n) is 5.04. The number of aryl methyl sites for hydroxylation is 2. The Labute approximate surface area is 185 Å². The van der Waals surface area contributed by atoms with Crippen LogP contribution >= 0.6 is 23.1 Å². The first-order valence-electron chi connectivity index (χ1n) is 10.00. The highest BCUT2D eigenvalue weighted by Crippen LogP contribution is 2.32. The maximum Gasteiger partial charge on any atom is 0.229 e. The van der Waals surface area contributed by atoms with Crippen molar-refractivity contribution in [3.05, 3.63) is 89.5 Å². The molecule has 0 aliphatic carbocycles. The maximum absolute atomic E-state index is 13.2. The van der Waals surface area contributed by atoms with E-state index in [4.69, 9.17) is 4.98 Å².